The summed E-state index contributed by atoms with van der Waals surface area (Å²) < 4.78 is 1.69. The zero-order chi connectivity index (χ0) is 36.3. The normalized spacial score (nSPS) is 16.9. The van der Waals surface area contributed by atoms with E-state index in [9.17, 15) is 4.79 Å². The lowest BCUT2D eigenvalue weighted by Crippen LogP contribution is -2.47. The average molecular weight is 744 g/mol. The van der Waals surface area contributed by atoms with Gasteiger partial charge in [0.1, 0.15) is 23.7 Å². The number of nitrogens with zero attached hydrogens (tertiary/aromatic N) is 8. The molecule has 6 N–H and O–H groups in total. The lowest BCUT2D eigenvalue weighted by Gasteiger charge is -2.42. The standard InChI is InChI=1S/C19H23ClN6O.C18H21ClN6/c1-2-26-15-16(24-18(26)27)22-12-23-17(15)25-9-7-19(11-21,8-10-25)13-3-5-14(20)6-4-13;19-14-3-1-13(2-4-14)9-18(10-20)5-7-25(8-6-18)17-15-16(22-11-21-15)23-12-24-17/h3-6,12H,2,7-11,21H2,1H3,(H,22,23,24,27);1-4,11-12H,5-10,20H2,(H,21,22,23,24). The number of aryl methyl sites for hydroxylation is 1. The maximum atomic E-state index is 12.2. The Morgan fingerprint density at radius 1 is 0.769 bits per heavy atom. The van der Waals surface area contributed by atoms with Crippen molar-refractivity contribution in [2.45, 2.75) is 51.0 Å². The Morgan fingerprint density at radius 3 is 2.04 bits per heavy atom. The molecule has 52 heavy (non-hydrogen) atoms. The van der Waals surface area contributed by atoms with Gasteiger partial charge in [-0.05, 0) is 86.4 Å². The van der Waals surface area contributed by atoms with Gasteiger partial charge in [0, 0.05) is 54.7 Å². The number of H-pyrrole nitrogens is 2. The molecule has 272 valence electrons. The molecule has 4 aromatic heterocycles. The molecule has 6 aromatic rings. The van der Waals surface area contributed by atoms with Crippen LogP contribution < -0.4 is 27.0 Å². The van der Waals surface area contributed by atoms with E-state index in [4.69, 9.17) is 34.7 Å². The summed E-state index contributed by atoms with van der Waals surface area (Å²) in [6.45, 7) is 7.28. The second kappa shape index (κ2) is 15.2. The van der Waals surface area contributed by atoms with Crippen LogP contribution in [0.15, 0.2) is 72.3 Å². The van der Waals surface area contributed by atoms with Crippen LogP contribution in [0.3, 0.4) is 0 Å². The summed E-state index contributed by atoms with van der Waals surface area (Å²) in [5.74, 6) is 1.74. The zero-order valence-electron chi connectivity index (χ0n) is 29.2. The van der Waals surface area contributed by atoms with Gasteiger partial charge in [-0.2, -0.15) is 0 Å². The molecule has 2 fully saturated rings. The number of nitrogens with one attached hydrogen (secondary N) is 2. The SMILES string of the molecule is CCn1c(=O)[nH]c2ncnc(N3CCC(CN)(c4ccc(Cl)cc4)CC3)c21.NCC1(Cc2ccc(Cl)cc2)CCN(c2ncnc3nc[nH]c23)CC1. The van der Waals surface area contributed by atoms with Crippen molar-refractivity contribution in [3.8, 4) is 0 Å². The first-order valence-electron chi connectivity index (χ1n) is 17.8. The van der Waals surface area contributed by atoms with E-state index in [1.807, 2.05) is 31.2 Å². The van der Waals surface area contributed by atoms with E-state index in [-0.39, 0.29) is 16.5 Å². The fourth-order valence-electron chi connectivity index (χ4n) is 7.75. The number of aromatic amines is 2. The van der Waals surface area contributed by atoms with Crippen LogP contribution in [-0.4, -0.2) is 78.7 Å². The van der Waals surface area contributed by atoms with Crippen molar-refractivity contribution >= 4 is 57.2 Å². The van der Waals surface area contributed by atoms with Crippen molar-refractivity contribution in [1.82, 2.24) is 39.5 Å². The van der Waals surface area contributed by atoms with Crippen LogP contribution in [0.2, 0.25) is 10.0 Å². The van der Waals surface area contributed by atoms with E-state index in [0.717, 1.165) is 91.0 Å². The fraction of sp³-hybridized carbons (Fsp3) is 0.405. The van der Waals surface area contributed by atoms with Gasteiger partial charge in [-0.15, -0.1) is 0 Å². The van der Waals surface area contributed by atoms with Crippen molar-refractivity contribution in [2.75, 3.05) is 49.1 Å². The largest absolute Gasteiger partial charge is 0.355 e. The van der Waals surface area contributed by atoms with Crippen LogP contribution in [0.25, 0.3) is 22.3 Å². The predicted molar refractivity (Wildman–Crippen MR) is 207 cm³/mol. The first-order chi connectivity index (χ1) is 25.3. The minimum atomic E-state index is -0.149. The highest BCUT2D eigenvalue weighted by molar-refractivity contribution is 6.30. The van der Waals surface area contributed by atoms with Crippen molar-refractivity contribution in [3.05, 3.63) is 99.2 Å². The molecule has 6 heterocycles. The first kappa shape index (κ1) is 35.8. The number of halogens is 2. The summed E-state index contributed by atoms with van der Waals surface area (Å²) in [6.07, 6.45) is 9.64. The van der Waals surface area contributed by atoms with Gasteiger partial charge in [0.05, 0.1) is 6.33 Å². The molecule has 2 aliphatic heterocycles. The molecule has 15 heteroatoms. The second-order valence-electron chi connectivity index (χ2n) is 13.8. The highest BCUT2D eigenvalue weighted by Gasteiger charge is 2.37. The molecule has 0 saturated carbocycles. The van der Waals surface area contributed by atoms with Crippen LogP contribution >= 0.6 is 23.2 Å². The van der Waals surface area contributed by atoms with Crippen LogP contribution in [0.5, 0.6) is 0 Å². The van der Waals surface area contributed by atoms with Crippen molar-refractivity contribution < 1.29 is 0 Å². The minimum Gasteiger partial charge on any atom is -0.355 e. The minimum absolute atomic E-state index is 0.0597. The first-order valence-corrected chi connectivity index (χ1v) is 18.5. The molecule has 0 spiro atoms. The van der Waals surface area contributed by atoms with Gasteiger partial charge in [-0.1, -0.05) is 47.5 Å². The smallest absolute Gasteiger partial charge is 0.327 e. The zero-order valence-corrected chi connectivity index (χ0v) is 30.7. The Balaban J connectivity index is 0.000000162. The molecule has 2 saturated heterocycles. The highest BCUT2D eigenvalue weighted by Crippen LogP contribution is 2.38. The number of aromatic nitrogens is 8. The van der Waals surface area contributed by atoms with E-state index in [1.165, 1.54) is 17.5 Å². The van der Waals surface area contributed by atoms with Crippen LogP contribution in [0.4, 0.5) is 11.6 Å². The number of anilines is 2. The maximum Gasteiger partial charge on any atom is 0.327 e. The lowest BCUT2D eigenvalue weighted by molar-refractivity contribution is 0.226. The number of piperidine rings is 2. The summed E-state index contributed by atoms with van der Waals surface area (Å²) >= 11 is 12.0. The number of rotatable bonds is 8. The van der Waals surface area contributed by atoms with Crippen LogP contribution in [0.1, 0.15) is 43.7 Å². The van der Waals surface area contributed by atoms with Crippen molar-refractivity contribution in [3.63, 3.8) is 0 Å². The van der Waals surface area contributed by atoms with E-state index >= 15 is 0 Å². The monoisotopic (exact) mass is 742 g/mol. The Kier molecular flexibility index (Phi) is 10.5. The quantitative estimate of drug-likeness (QED) is 0.164. The van der Waals surface area contributed by atoms with E-state index < -0.39 is 0 Å². The Bertz CT molecular complexity index is 2160. The van der Waals surface area contributed by atoms with Gasteiger partial charge in [0.25, 0.3) is 0 Å². The summed E-state index contributed by atoms with van der Waals surface area (Å²) in [5, 5.41) is 1.50. The summed E-state index contributed by atoms with van der Waals surface area (Å²) in [5.41, 5.74) is 17.8. The van der Waals surface area contributed by atoms with Gasteiger partial charge in [0.2, 0.25) is 0 Å². The van der Waals surface area contributed by atoms with Gasteiger partial charge in [-0.25, -0.2) is 29.7 Å². The maximum absolute atomic E-state index is 12.2. The molecule has 8 rings (SSSR count). The summed E-state index contributed by atoms with van der Waals surface area (Å²) in [6, 6.07) is 16.1. The Labute approximate surface area is 311 Å². The molecule has 2 aromatic carbocycles. The molecular formula is C37H44Cl2N12O. The number of imidazole rings is 2. The van der Waals surface area contributed by atoms with Gasteiger partial charge < -0.3 is 26.3 Å². The average Bonchev–Trinajstić information content (AvgIpc) is 3.80. The number of nitrogens with two attached hydrogens (primary N) is 2. The molecule has 0 atom stereocenters. The lowest BCUT2D eigenvalue weighted by atomic mass is 9.73. The van der Waals surface area contributed by atoms with E-state index in [2.05, 4.69) is 69.0 Å². The highest BCUT2D eigenvalue weighted by atomic mass is 35.5. The topological polar surface area (TPSA) is 177 Å². The number of hydrogen-bond donors (Lipinski definition) is 4. The molecule has 13 nitrogen and oxygen atoms in total. The molecule has 2 aliphatic rings. The van der Waals surface area contributed by atoms with Gasteiger partial charge >= 0.3 is 5.69 Å². The summed E-state index contributed by atoms with van der Waals surface area (Å²) in [4.78, 5) is 44.3. The number of fused-ring (bicyclic) bond motifs is 2. The van der Waals surface area contributed by atoms with Crippen molar-refractivity contribution in [1.29, 1.82) is 0 Å². The third-order valence-electron chi connectivity index (χ3n) is 11.0. The molecule has 0 bridgehead atoms. The fourth-order valence-corrected chi connectivity index (χ4v) is 8.00. The van der Waals surface area contributed by atoms with Crippen LogP contribution in [-0.2, 0) is 18.4 Å². The second-order valence-corrected chi connectivity index (χ2v) is 14.7. The third-order valence-corrected chi connectivity index (χ3v) is 11.5. The van der Waals surface area contributed by atoms with E-state index in [1.54, 1.807) is 17.2 Å². The molecule has 0 aliphatic carbocycles. The van der Waals surface area contributed by atoms with Crippen molar-refractivity contribution in [2.24, 2.45) is 16.9 Å². The van der Waals surface area contributed by atoms with Crippen LogP contribution in [0, 0.1) is 5.41 Å². The summed E-state index contributed by atoms with van der Waals surface area (Å²) in [7, 11) is 0. The molecule has 0 radical (unpaired) electrons. The number of benzene rings is 2. The molecular weight excluding hydrogens is 699 g/mol. The molecule has 0 amide bonds. The predicted octanol–water partition coefficient (Wildman–Crippen LogP) is 5.08. The molecule has 0 unspecified atom stereocenters. The third kappa shape index (κ3) is 7.10. The van der Waals surface area contributed by atoms with Gasteiger partial charge in [-0.3, -0.25) is 9.55 Å². The van der Waals surface area contributed by atoms with Gasteiger partial charge in [0.15, 0.2) is 22.9 Å². The number of hydrogen-bond acceptors (Lipinski definition) is 10. The van der Waals surface area contributed by atoms with E-state index in [0.29, 0.717) is 30.9 Å². The Morgan fingerprint density at radius 2 is 1.38 bits per heavy atom. The Hall–Kier alpha value is -4.56.